The summed E-state index contributed by atoms with van der Waals surface area (Å²) in [5.74, 6) is 1.60. The fourth-order valence-corrected chi connectivity index (χ4v) is 2.19. The first-order valence-electron chi connectivity index (χ1n) is 7.00. The molecule has 0 spiro atoms. The number of aryl methyl sites for hydroxylation is 2. The summed E-state index contributed by atoms with van der Waals surface area (Å²) in [6.45, 7) is 6.31. The lowest BCUT2D eigenvalue weighted by molar-refractivity contribution is 0.295. The van der Waals surface area contributed by atoms with Gasteiger partial charge in [0.15, 0.2) is 0 Å². The third-order valence-corrected chi connectivity index (χ3v) is 3.25. The van der Waals surface area contributed by atoms with Crippen LogP contribution in [0.5, 0.6) is 11.5 Å². The third kappa shape index (κ3) is 3.95. The summed E-state index contributed by atoms with van der Waals surface area (Å²) in [5, 5.41) is 0. The van der Waals surface area contributed by atoms with Gasteiger partial charge < -0.3 is 15.2 Å². The largest absolute Gasteiger partial charge is 0.497 e. The van der Waals surface area contributed by atoms with Crippen molar-refractivity contribution in [1.29, 1.82) is 0 Å². The molecule has 0 radical (unpaired) electrons. The number of aromatic nitrogens is 1. The predicted molar refractivity (Wildman–Crippen MR) is 83.6 cm³/mol. The Morgan fingerprint density at radius 2 is 1.95 bits per heavy atom. The standard InChI is InChI=1S/C17H22N2O2/c1-11-5-6-16(13(3)18)17(7-11)21-10-14-9-15(20-4)8-12(2)19-14/h5-9,13H,10,18H2,1-4H3. The Balaban J connectivity index is 2.20. The van der Waals surface area contributed by atoms with Crippen molar-refractivity contribution in [3.63, 3.8) is 0 Å². The Hall–Kier alpha value is -2.07. The number of rotatable bonds is 5. The number of hydrogen-bond donors (Lipinski definition) is 1. The number of nitrogens with two attached hydrogens (primary N) is 1. The zero-order chi connectivity index (χ0) is 15.4. The summed E-state index contributed by atoms with van der Waals surface area (Å²) >= 11 is 0. The summed E-state index contributed by atoms with van der Waals surface area (Å²) in [4.78, 5) is 4.46. The molecule has 0 aliphatic heterocycles. The van der Waals surface area contributed by atoms with Gasteiger partial charge in [-0.05, 0) is 32.4 Å². The zero-order valence-corrected chi connectivity index (χ0v) is 13.0. The number of hydrogen-bond acceptors (Lipinski definition) is 4. The van der Waals surface area contributed by atoms with Crippen molar-refractivity contribution in [2.75, 3.05) is 7.11 Å². The molecule has 0 aliphatic rings. The Bertz CT molecular complexity index is 624. The minimum Gasteiger partial charge on any atom is -0.497 e. The van der Waals surface area contributed by atoms with Gasteiger partial charge in [0.2, 0.25) is 0 Å². The SMILES string of the molecule is COc1cc(C)nc(COc2cc(C)ccc2C(C)N)c1. The fraction of sp³-hybridized carbons (Fsp3) is 0.353. The summed E-state index contributed by atoms with van der Waals surface area (Å²) < 4.78 is 11.2. The molecule has 1 aromatic carbocycles. The summed E-state index contributed by atoms with van der Waals surface area (Å²) in [6.07, 6.45) is 0. The molecule has 1 unspecified atom stereocenters. The Labute approximate surface area is 125 Å². The second-order valence-electron chi connectivity index (χ2n) is 5.26. The van der Waals surface area contributed by atoms with Crippen molar-refractivity contribution in [3.8, 4) is 11.5 Å². The van der Waals surface area contributed by atoms with Gasteiger partial charge in [-0.1, -0.05) is 12.1 Å². The third-order valence-electron chi connectivity index (χ3n) is 3.25. The first kappa shape index (κ1) is 15.3. The normalized spacial score (nSPS) is 12.0. The zero-order valence-electron chi connectivity index (χ0n) is 13.0. The molecule has 4 nitrogen and oxygen atoms in total. The van der Waals surface area contributed by atoms with E-state index in [4.69, 9.17) is 15.2 Å². The highest BCUT2D eigenvalue weighted by Crippen LogP contribution is 2.26. The number of ether oxygens (including phenoxy) is 2. The Morgan fingerprint density at radius 1 is 1.19 bits per heavy atom. The van der Waals surface area contributed by atoms with Crippen LogP contribution in [0, 0.1) is 13.8 Å². The molecule has 112 valence electrons. The fourth-order valence-electron chi connectivity index (χ4n) is 2.19. The van der Waals surface area contributed by atoms with Gasteiger partial charge in [-0.3, -0.25) is 4.98 Å². The van der Waals surface area contributed by atoms with E-state index in [0.29, 0.717) is 6.61 Å². The monoisotopic (exact) mass is 286 g/mol. The van der Waals surface area contributed by atoms with Gasteiger partial charge in [-0.25, -0.2) is 0 Å². The van der Waals surface area contributed by atoms with Crippen LogP contribution < -0.4 is 15.2 Å². The molecule has 1 heterocycles. The quantitative estimate of drug-likeness (QED) is 0.916. The maximum atomic E-state index is 5.99. The molecule has 0 fully saturated rings. The number of nitrogens with zero attached hydrogens (tertiary/aromatic N) is 1. The van der Waals surface area contributed by atoms with Crippen LogP contribution in [0.1, 0.15) is 35.5 Å². The van der Waals surface area contributed by atoms with E-state index in [0.717, 1.165) is 34.0 Å². The molecule has 2 N–H and O–H groups in total. The lowest BCUT2D eigenvalue weighted by Gasteiger charge is -2.15. The van der Waals surface area contributed by atoms with Crippen LogP contribution in [0.2, 0.25) is 0 Å². The van der Waals surface area contributed by atoms with Gasteiger partial charge in [0.1, 0.15) is 18.1 Å². The first-order valence-corrected chi connectivity index (χ1v) is 7.00. The first-order chi connectivity index (χ1) is 9.99. The van der Waals surface area contributed by atoms with E-state index in [1.807, 2.05) is 51.1 Å². The molecule has 0 aliphatic carbocycles. The van der Waals surface area contributed by atoms with Crippen molar-refractivity contribution in [2.24, 2.45) is 5.73 Å². The van der Waals surface area contributed by atoms with Gasteiger partial charge in [0.05, 0.1) is 12.8 Å². The average molecular weight is 286 g/mol. The number of benzene rings is 1. The van der Waals surface area contributed by atoms with Crippen LogP contribution in [0.3, 0.4) is 0 Å². The summed E-state index contributed by atoms with van der Waals surface area (Å²) in [5.41, 5.74) is 9.87. The number of methoxy groups -OCH3 is 1. The van der Waals surface area contributed by atoms with Crippen LogP contribution >= 0.6 is 0 Å². The van der Waals surface area contributed by atoms with Gasteiger partial charge in [-0.15, -0.1) is 0 Å². The van der Waals surface area contributed by atoms with Crippen LogP contribution in [0.15, 0.2) is 30.3 Å². The van der Waals surface area contributed by atoms with Gasteiger partial charge in [-0.2, -0.15) is 0 Å². The summed E-state index contributed by atoms with van der Waals surface area (Å²) in [6, 6.07) is 9.77. The minimum atomic E-state index is -0.0689. The molecule has 21 heavy (non-hydrogen) atoms. The van der Waals surface area contributed by atoms with E-state index < -0.39 is 0 Å². The highest BCUT2D eigenvalue weighted by atomic mass is 16.5. The van der Waals surface area contributed by atoms with Crippen molar-refractivity contribution < 1.29 is 9.47 Å². The lowest BCUT2D eigenvalue weighted by Crippen LogP contribution is -2.09. The molecule has 1 aromatic heterocycles. The van der Waals surface area contributed by atoms with E-state index in [1.165, 1.54) is 0 Å². The van der Waals surface area contributed by atoms with Crippen molar-refractivity contribution >= 4 is 0 Å². The second kappa shape index (κ2) is 6.59. The topological polar surface area (TPSA) is 57.4 Å². The highest BCUT2D eigenvalue weighted by molar-refractivity contribution is 5.39. The smallest absolute Gasteiger partial charge is 0.130 e. The van der Waals surface area contributed by atoms with Gasteiger partial charge >= 0.3 is 0 Å². The van der Waals surface area contributed by atoms with Crippen LogP contribution in [0.25, 0.3) is 0 Å². The van der Waals surface area contributed by atoms with E-state index in [-0.39, 0.29) is 6.04 Å². The van der Waals surface area contributed by atoms with Crippen LogP contribution in [-0.2, 0) is 6.61 Å². The molecular weight excluding hydrogens is 264 g/mol. The van der Waals surface area contributed by atoms with E-state index in [9.17, 15) is 0 Å². The van der Waals surface area contributed by atoms with E-state index in [1.54, 1.807) is 7.11 Å². The van der Waals surface area contributed by atoms with Crippen molar-refractivity contribution in [2.45, 2.75) is 33.4 Å². The Kier molecular flexibility index (Phi) is 4.81. The molecule has 4 heteroatoms. The number of pyridine rings is 1. The van der Waals surface area contributed by atoms with Gasteiger partial charge in [0, 0.05) is 29.4 Å². The molecule has 2 rings (SSSR count). The minimum absolute atomic E-state index is 0.0689. The van der Waals surface area contributed by atoms with E-state index >= 15 is 0 Å². The van der Waals surface area contributed by atoms with Crippen molar-refractivity contribution in [1.82, 2.24) is 4.98 Å². The van der Waals surface area contributed by atoms with Gasteiger partial charge in [0.25, 0.3) is 0 Å². The maximum Gasteiger partial charge on any atom is 0.130 e. The molecule has 0 amide bonds. The van der Waals surface area contributed by atoms with Crippen molar-refractivity contribution in [3.05, 3.63) is 52.8 Å². The summed E-state index contributed by atoms with van der Waals surface area (Å²) in [7, 11) is 1.65. The molecular formula is C17H22N2O2. The highest BCUT2D eigenvalue weighted by Gasteiger charge is 2.09. The van der Waals surface area contributed by atoms with Crippen LogP contribution in [-0.4, -0.2) is 12.1 Å². The molecule has 0 bridgehead atoms. The second-order valence-corrected chi connectivity index (χ2v) is 5.26. The molecule has 1 atom stereocenters. The Morgan fingerprint density at radius 3 is 2.62 bits per heavy atom. The molecule has 0 saturated heterocycles. The van der Waals surface area contributed by atoms with Crippen LogP contribution in [0.4, 0.5) is 0 Å². The molecule has 2 aromatic rings. The lowest BCUT2D eigenvalue weighted by atomic mass is 10.1. The predicted octanol–water partition coefficient (Wildman–Crippen LogP) is 3.31. The average Bonchev–Trinajstić information content (AvgIpc) is 2.44. The maximum absolute atomic E-state index is 5.99. The van der Waals surface area contributed by atoms with E-state index in [2.05, 4.69) is 4.98 Å². The molecule has 0 saturated carbocycles.